The second-order valence-electron chi connectivity index (χ2n) is 6.74. The summed E-state index contributed by atoms with van der Waals surface area (Å²) in [5.41, 5.74) is 1.77. The van der Waals surface area contributed by atoms with E-state index in [9.17, 15) is 9.18 Å². The standard InChI is InChI=1S/C18H18FN7O/c19-11-8-12-14-2-1-6-25(14)15-3-7-26-17(24-15)13(10-23-26)18(27)21-5-4-20-16(12)22-9-11/h3,7-10,14H,1-2,4-6H2,(H,20,22)(H,21,27). The van der Waals surface area contributed by atoms with Gasteiger partial charge in [-0.3, -0.25) is 4.79 Å². The number of aromatic nitrogens is 4. The summed E-state index contributed by atoms with van der Waals surface area (Å²) in [7, 11) is 0. The Hall–Kier alpha value is -3.23. The van der Waals surface area contributed by atoms with Gasteiger partial charge >= 0.3 is 0 Å². The maximum atomic E-state index is 14.0. The molecule has 2 aliphatic heterocycles. The molecule has 9 heteroatoms. The number of halogens is 1. The second kappa shape index (κ2) is 6.19. The summed E-state index contributed by atoms with van der Waals surface area (Å²) >= 11 is 0. The molecular formula is C18H18FN7O. The SMILES string of the molecule is O=C1NCCNc2ncc(F)cc2C2CCCN2c2ccn3ncc1c3n2. The smallest absolute Gasteiger partial charge is 0.256 e. The number of nitrogens with zero attached hydrogens (tertiary/aromatic N) is 5. The van der Waals surface area contributed by atoms with Gasteiger partial charge in [0.15, 0.2) is 5.65 Å². The van der Waals surface area contributed by atoms with E-state index in [0.29, 0.717) is 30.1 Å². The molecule has 3 aromatic rings. The first-order valence-electron chi connectivity index (χ1n) is 8.99. The van der Waals surface area contributed by atoms with Crippen LogP contribution in [-0.2, 0) is 0 Å². The molecule has 1 saturated heterocycles. The van der Waals surface area contributed by atoms with Crippen LogP contribution < -0.4 is 15.5 Å². The van der Waals surface area contributed by atoms with Gasteiger partial charge in [-0.15, -0.1) is 0 Å². The Morgan fingerprint density at radius 2 is 2.11 bits per heavy atom. The van der Waals surface area contributed by atoms with Crippen molar-refractivity contribution in [3.63, 3.8) is 0 Å². The number of nitrogens with one attached hydrogen (secondary N) is 2. The summed E-state index contributed by atoms with van der Waals surface area (Å²) in [5.74, 6) is 0.808. The van der Waals surface area contributed by atoms with Gasteiger partial charge in [-0.2, -0.15) is 5.10 Å². The molecule has 0 spiro atoms. The molecule has 1 fully saturated rings. The van der Waals surface area contributed by atoms with Crippen molar-refractivity contribution < 1.29 is 9.18 Å². The Kier molecular flexibility index (Phi) is 3.66. The average Bonchev–Trinajstić information content (AvgIpc) is 3.31. The van der Waals surface area contributed by atoms with Gasteiger partial charge < -0.3 is 15.5 Å². The van der Waals surface area contributed by atoms with E-state index in [1.54, 1.807) is 16.8 Å². The van der Waals surface area contributed by atoms with Crippen LogP contribution in [0.4, 0.5) is 16.0 Å². The molecular weight excluding hydrogens is 349 g/mol. The van der Waals surface area contributed by atoms with E-state index >= 15 is 0 Å². The Morgan fingerprint density at radius 3 is 3.04 bits per heavy atom. The minimum Gasteiger partial charge on any atom is -0.368 e. The predicted molar refractivity (Wildman–Crippen MR) is 97.3 cm³/mol. The summed E-state index contributed by atoms with van der Waals surface area (Å²) in [5, 5.41) is 10.3. The van der Waals surface area contributed by atoms with Gasteiger partial charge in [0.25, 0.3) is 5.91 Å². The molecule has 0 radical (unpaired) electrons. The monoisotopic (exact) mass is 367 g/mol. The first kappa shape index (κ1) is 16.0. The second-order valence-corrected chi connectivity index (χ2v) is 6.74. The molecule has 2 N–H and O–H groups in total. The molecule has 5 rings (SSSR count). The third-order valence-electron chi connectivity index (χ3n) is 5.09. The van der Waals surface area contributed by atoms with Crippen LogP contribution in [0.15, 0.2) is 30.7 Å². The Balaban J connectivity index is 1.67. The van der Waals surface area contributed by atoms with Crippen LogP contribution in [0.3, 0.4) is 0 Å². The van der Waals surface area contributed by atoms with Crippen LogP contribution in [0.2, 0.25) is 0 Å². The van der Waals surface area contributed by atoms with Gasteiger partial charge in [-0.25, -0.2) is 18.9 Å². The van der Waals surface area contributed by atoms with Gasteiger partial charge in [0.2, 0.25) is 0 Å². The van der Waals surface area contributed by atoms with Gasteiger partial charge in [0.1, 0.15) is 23.0 Å². The molecule has 27 heavy (non-hydrogen) atoms. The predicted octanol–water partition coefficient (Wildman–Crippen LogP) is 1.76. The van der Waals surface area contributed by atoms with Crippen molar-refractivity contribution in [1.82, 2.24) is 24.9 Å². The average molecular weight is 367 g/mol. The normalized spacial score (nSPS) is 19.5. The minimum absolute atomic E-state index is 0.0264. The summed E-state index contributed by atoms with van der Waals surface area (Å²) in [6, 6.07) is 3.39. The molecule has 1 amide bonds. The fourth-order valence-corrected chi connectivity index (χ4v) is 3.85. The van der Waals surface area contributed by atoms with E-state index in [2.05, 4.69) is 25.6 Å². The highest BCUT2D eigenvalue weighted by atomic mass is 19.1. The van der Waals surface area contributed by atoms with Gasteiger partial charge in [-0.1, -0.05) is 0 Å². The zero-order chi connectivity index (χ0) is 18.4. The van der Waals surface area contributed by atoms with Crippen LogP contribution in [-0.4, -0.2) is 45.1 Å². The zero-order valence-electron chi connectivity index (χ0n) is 14.5. The molecule has 8 nitrogen and oxygen atoms in total. The van der Waals surface area contributed by atoms with Crippen molar-refractivity contribution in [2.45, 2.75) is 18.9 Å². The number of hydrogen-bond donors (Lipinski definition) is 2. The minimum atomic E-state index is -0.360. The molecule has 138 valence electrons. The van der Waals surface area contributed by atoms with E-state index in [0.717, 1.165) is 30.8 Å². The molecule has 5 heterocycles. The maximum Gasteiger partial charge on any atom is 0.256 e. The number of carbonyl (C=O) groups excluding carboxylic acids is 1. The lowest BCUT2D eigenvalue weighted by molar-refractivity contribution is 0.0956. The fourth-order valence-electron chi connectivity index (χ4n) is 3.85. The lowest BCUT2D eigenvalue weighted by Crippen LogP contribution is -2.29. The first-order valence-corrected chi connectivity index (χ1v) is 8.99. The Morgan fingerprint density at radius 1 is 1.22 bits per heavy atom. The van der Waals surface area contributed by atoms with Crippen LogP contribution in [0.25, 0.3) is 5.65 Å². The van der Waals surface area contributed by atoms with Crippen molar-refractivity contribution in [2.75, 3.05) is 29.9 Å². The van der Waals surface area contributed by atoms with E-state index in [-0.39, 0.29) is 17.8 Å². The van der Waals surface area contributed by atoms with Crippen molar-refractivity contribution in [3.8, 4) is 0 Å². The van der Waals surface area contributed by atoms with Crippen molar-refractivity contribution in [2.24, 2.45) is 0 Å². The molecule has 1 atom stereocenters. The highest BCUT2D eigenvalue weighted by molar-refractivity contribution is 5.99. The van der Waals surface area contributed by atoms with E-state index in [1.165, 1.54) is 12.4 Å². The number of rotatable bonds is 0. The number of anilines is 2. The van der Waals surface area contributed by atoms with Crippen LogP contribution >= 0.6 is 0 Å². The Labute approximate surface area is 154 Å². The van der Waals surface area contributed by atoms with E-state index in [1.807, 2.05) is 6.07 Å². The number of pyridine rings is 1. The molecule has 1 unspecified atom stereocenters. The van der Waals surface area contributed by atoms with Crippen molar-refractivity contribution >= 4 is 23.2 Å². The van der Waals surface area contributed by atoms with Crippen LogP contribution in [0.1, 0.15) is 34.8 Å². The van der Waals surface area contributed by atoms with Gasteiger partial charge in [-0.05, 0) is 25.0 Å². The van der Waals surface area contributed by atoms with Gasteiger partial charge in [0, 0.05) is 31.4 Å². The maximum absolute atomic E-state index is 14.0. The molecule has 3 aromatic heterocycles. The van der Waals surface area contributed by atoms with Crippen molar-refractivity contribution in [1.29, 1.82) is 0 Å². The third kappa shape index (κ3) is 2.66. The largest absolute Gasteiger partial charge is 0.368 e. The summed E-state index contributed by atoms with van der Waals surface area (Å²) in [6.45, 7) is 1.70. The van der Waals surface area contributed by atoms with E-state index < -0.39 is 0 Å². The van der Waals surface area contributed by atoms with E-state index in [4.69, 9.17) is 4.98 Å². The quantitative estimate of drug-likeness (QED) is 0.630. The first-order chi connectivity index (χ1) is 13.2. The molecule has 0 aromatic carbocycles. The highest BCUT2D eigenvalue weighted by Gasteiger charge is 2.30. The van der Waals surface area contributed by atoms with Crippen molar-refractivity contribution in [3.05, 3.63) is 47.7 Å². The number of carbonyl (C=O) groups is 1. The third-order valence-corrected chi connectivity index (χ3v) is 5.09. The molecule has 2 aliphatic rings. The molecule has 0 aliphatic carbocycles. The van der Waals surface area contributed by atoms with Crippen LogP contribution in [0.5, 0.6) is 0 Å². The summed E-state index contributed by atoms with van der Waals surface area (Å²) < 4.78 is 15.5. The number of hydrogen-bond acceptors (Lipinski definition) is 6. The lowest BCUT2D eigenvalue weighted by Gasteiger charge is -2.27. The fraction of sp³-hybridized carbons (Fsp3) is 0.333. The lowest BCUT2D eigenvalue weighted by atomic mass is 10.0. The van der Waals surface area contributed by atoms with Crippen LogP contribution in [0, 0.1) is 5.82 Å². The van der Waals surface area contributed by atoms with Gasteiger partial charge in [0.05, 0.1) is 18.4 Å². The topological polar surface area (TPSA) is 87.5 Å². The molecule has 2 bridgehead atoms. The molecule has 0 saturated carbocycles. The summed E-state index contributed by atoms with van der Waals surface area (Å²) in [4.78, 5) is 23.6. The highest BCUT2D eigenvalue weighted by Crippen LogP contribution is 2.38. The zero-order valence-corrected chi connectivity index (χ0v) is 14.5. The number of amides is 1. The number of fused-ring (bicyclic) bond motifs is 5. The summed E-state index contributed by atoms with van der Waals surface area (Å²) in [6.07, 6.45) is 6.40. The Bertz CT molecular complexity index is 1030.